The largest absolute Gasteiger partial charge is 0.418 e. The van der Waals surface area contributed by atoms with E-state index in [1.54, 1.807) is 0 Å². The number of aryl methyl sites for hydroxylation is 1. The van der Waals surface area contributed by atoms with Crippen LogP contribution in [0.2, 0.25) is 0 Å². The first kappa shape index (κ1) is 29.6. The van der Waals surface area contributed by atoms with Crippen molar-refractivity contribution in [1.82, 2.24) is 0 Å². The second kappa shape index (κ2) is 15.5. The summed E-state index contributed by atoms with van der Waals surface area (Å²) in [6.45, 7) is 14.7. The van der Waals surface area contributed by atoms with Crippen LogP contribution in [0.15, 0.2) is 35.9 Å². The van der Waals surface area contributed by atoms with Gasteiger partial charge in [-0.3, -0.25) is 0 Å². The minimum Gasteiger partial charge on any atom is -0.418 e. The van der Waals surface area contributed by atoms with Gasteiger partial charge in [0.15, 0.2) is 0 Å². The number of benzene rings is 1. The molecule has 6 heteroatoms. The van der Waals surface area contributed by atoms with E-state index >= 15 is 0 Å². The van der Waals surface area contributed by atoms with E-state index in [1.165, 1.54) is 29.1 Å². The summed E-state index contributed by atoms with van der Waals surface area (Å²) in [6.07, 6.45) is 10.1. The molecule has 0 aromatic heterocycles. The summed E-state index contributed by atoms with van der Waals surface area (Å²) in [5.74, 6) is 2.55. The van der Waals surface area contributed by atoms with Crippen molar-refractivity contribution < 1.29 is 19.1 Å². The van der Waals surface area contributed by atoms with Crippen LogP contribution < -0.4 is 9.47 Å². The predicted molar refractivity (Wildman–Crippen MR) is 151 cm³/mol. The topological polar surface area (TPSA) is 52.6 Å². The van der Waals surface area contributed by atoms with Gasteiger partial charge in [-0.25, -0.2) is 9.59 Å². The highest BCUT2D eigenvalue weighted by molar-refractivity contribution is 8.13. The zero-order valence-electron chi connectivity index (χ0n) is 22.1. The molecular formula is C29H42O4S2. The molecule has 4 nitrogen and oxygen atoms in total. The van der Waals surface area contributed by atoms with Crippen molar-refractivity contribution in [3.05, 3.63) is 47.1 Å². The third-order valence-corrected chi connectivity index (χ3v) is 8.04. The molecule has 1 aliphatic rings. The number of rotatable bonds is 12. The minimum atomic E-state index is -0.320. The molecule has 1 aromatic carbocycles. The van der Waals surface area contributed by atoms with Gasteiger partial charge in [-0.15, -0.1) is 0 Å². The van der Waals surface area contributed by atoms with Gasteiger partial charge < -0.3 is 9.47 Å². The number of ether oxygens (including phenoxy) is 2. The number of hydrogen-bond donors (Lipinski definition) is 0. The average Bonchev–Trinajstić information content (AvgIpc) is 2.81. The van der Waals surface area contributed by atoms with Gasteiger partial charge >= 0.3 is 10.6 Å². The highest BCUT2D eigenvalue weighted by Crippen LogP contribution is 2.48. The van der Waals surface area contributed by atoms with E-state index in [9.17, 15) is 9.59 Å². The number of unbranched alkanes of at least 4 members (excludes halogenated alkanes) is 2. The fraction of sp³-hybridized carbons (Fsp3) is 0.586. The molecule has 0 radical (unpaired) electrons. The maximum absolute atomic E-state index is 12.7. The maximum Gasteiger partial charge on any atom is 0.372 e. The van der Waals surface area contributed by atoms with Crippen LogP contribution in [0.5, 0.6) is 11.5 Å². The van der Waals surface area contributed by atoms with Gasteiger partial charge in [-0.1, -0.05) is 57.4 Å². The highest BCUT2D eigenvalue weighted by atomic mass is 32.2. The highest BCUT2D eigenvalue weighted by Gasteiger charge is 2.32. The summed E-state index contributed by atoms with van der Waals surface area (Å²) in [7, 11) is 0. The molecule has 2 atom stereocenters. The quantitative estimate of drug-likeness (QED) is 0.156. The normalized spacial score (nSPS) is 17.6. The van der Waals surface area contributed by atoms with Gasteiger partial charge in [0, 0.05) is 23.0 Å². The van der Waals surface area contributed by atoms with E-state index in [-0.39, 0.29) is 22.4 Å². The van der Waals surface area contributed by atoms with E-state index in [2.05, 4.69) is 33.4 Å². The molecule has 0 spiro atoms. The molecular weight excluding hydrogens is 476 g/mol. The Labute approximate surface area is 220 Å². The molecule has 35 heavy (non-hydrogen) atoms. The van der Waals surface area contributed by atoms with Gasteiger partial charge in [-0.2, -0.15) is 0 Å². The molecule has 0 saturated carbocycles. The summed E-state index contributed by atoms with van der Waals surface area (Å²) in [4.78, 5) is 25.5. The Morgan fingerprint density at radius 1 is 0.971 bits per heavy atom. The number of carbonyl (C=O) groups excluding carboxylic acids is 2. The SMILES string of the molecule is C=C(C)[C@@H]1CCC(C)=C[C@H]1c1c(OC(=O)SCCC)cc(CCCCC)cc1OC(=O)SCCC. The first-order chi connectivity index (χ1) is 16.8. The van der Waals surface area contributed by atoms with E-state index in [0.29, 0.717) is 23.0 Å². The molecule has 0 saturated heterocycles. The molecule has 0 aliphatic heterocycles. The van der Waals surface area contributed by atoms with E-state index < -0.39 is 0 Å². The monoisotopic (exact) mass is 518 g/mol. The van der Waals surface area contributed by atoms with E-state index in [0.717, 1.165) is 68.1 Å². The van der Waals surface area contributed by atoms with Crippen LogP contribution in [-0.4, -0.2) is 22.1 Å². The summed E-state index contributed by atoms with van der Waals surface area (Å²) in [6, 6.07) is 3.97. The number of hydrogen-bond acceptors (Lipinski definition) is 6. The Kier molecular flexibility index (Phi) is 13.1. The Hall–Kier alpha value is -1.66. The Morgan fingerprint density at radius 3 is 2.03 bits per heavy atom. The fourth-order valence-corrected chi connectivity index (χ4v) is 5.43. The first-order valence-corrected chi connectivity index (χ1v) is 15.0. The predicted octanol–water partition coefficient (Wildman–Crippen LogP) is 9.72. The van der Waals surface area contributed by atoms with Crippen LogP contribution in [0.1, 0.15) is 96.6 Å². The van der Waals surface area contributed by atoms with Crippen LogP contribution in [0, 0.1) is 5.92 Å². The Balaban J connectivity index is 2.62. The molecule has 0 bridgehead atoms. The molecule has 2 rings (SSSR count). The van der Waals surface area contributed by atoms with Crippen molar-refractivity contribution in [3.63, 3.8) is 0 Å². The lowest BCUT2D eigenvalue weighted by molar-refractivity contribution is 0.224. The lowest BCUT2D eigenvalue weighted by Crippen LogP contribution is -2.20. The summed E-state index contributed by atoms with van der Waals surface area (Å²) in [5, 5.41) is -0.639. The zero-order valence-corrected chi connectivity index (χ0v) is 23.7. The van der Waals surface area contributed by atoms with Crippen LogP contribution in [-0.2, 0) is 6.42 Å². The average molecular weight is 519 g/mol. The van der Waals surface area contributed by atoms with Gasteiger partial charge in [-0.05, 0) is 99.5 Å². The van der Waals surface area contributed by atoms with Gasteiger partial charge in [0.1, 0.15) is 11.5 Å². The Bertz CT molecular complexity index is 863. The van der Waals surface area contributed by atoms with Crippen molar-refractivity contribution >= 4 is 34.1 Å². The first-order valence-electron chi connectivity index (χ1n) is 13.0. The molecule has 0 N–H and O–H groups in total. The van der Waals surface area contributed by atoms with Crippen molar-refractivity contribution in [2.45, 2.75) is 91.9 Å². The second-order valence-electron chi connectivity index (χ2n) is 9.39. The molecule has 0 heterocycles. The molecule has 194 valence electrons. The number of thioether (sulfide) groups is 2. The number of carbonyl (C=O) groups is 2. The van der Waals surface area contributed by atoms with Crippen LogP contribution in [0.4, 0.5) is 9.59 Å². The summed E-state index contributed by atoms with van der Waals surface area (Å²) in [5.41, 5.74) is 4.18. The van der Waals surface area contributed by atoms with Crippen LogP contribution in [0.3, 0.4) is 0 Å². The van der Waals surface area contributed by atoms with E-state index in [4.69, 9.17) is 9.47 Å². The molecule has 1 aliphatic carbocycles. The van der Waals surface area contributed by atoms with Crippen LogP contribution in [0.25, 0.3) is 0 Å². The zero-order chi connectivity index (χ0) is 25.8. The van der Waals surface area contributed by atoms with E-state index in [1.807, 2.05) is 26.0 Å². The third kappa shape index (κ3) is 9.38. The lowest BCUT2D eigenvalue weighted by Gasteiger charge is -2.32. The van der Waals surface area contributed by atoms with Crippen molar-refractivity contribution in [2.75, 3.05) is 11.5 Å². The number of allylic oxidation sites excluding steroid dienone is 3. The van der Waals surface area contributed by atoms with Gasteiger partial charge in [0.2, 0.25) is 0 Å². The summed E-state index contributed by atoms with van der Waals surface area (Å²) >= 11 is 2.37. The van der Waals surface area contributed by atoms with Crippen molar-refractivity contribution in [1.29, 1.82) is 0 Å². The molecule has 0 amide bonds. The van der Waals surface area contributed by atoms with Crippen molar-refractivity contribution in [3.8, 4) is 11.5 Å². The smallest absolute Gasteiger partial charge is 0.372 e. The molecule has 0 unspecified atom stereocenters. The molecule has 0 fully saturated rings. The molecule has 1 aromatic rings. The van der Waals surface area contributed by atoms with Crippen molar-refractivity contribution in [2.24, 2.45) is 5.92 Å². The van der Waals surface area contributed by atoms with Gasteiger partial charge in [0.25, 0.3) is 0 Å². The Morgan fingerprint density at radius 2 is 1.54 bits per heavy atom. The third-order valence-electron chi connectivity index (χ3n) is 6.18. The minimum absolute atomic E-state index is 0.0658. The summed E-state index contributed by atoms with van der Waals surface area (Å²) < 4.78 is 12.0. The second-order valence-corrected chi connectivity index (χ2v) is 11.5. The standard InChI is InChI=1S/C29H42O4S2/c1-7-10-11-12-22-18-25(32-28(30)34-15-8-2)27(26(19-22)33-29(31)35-16-9-3)24-17-21(6)13-14-23(24)20(4)5/h17-19,23-24H,4,7-16H2,1-3,5-6H3/t23-,24+/m0/s1. The fourth-order valence-electron chi connectivity index (χ4n) is 4.39. The van der Waals surface area contributed by atoms with Crippen LogP contribution >= 0.6 is 23.5 Å². The maximum atomic E-state index is 12.7. The van der Waals surface area contributed by atoms with Gasteiger partial charge in [0.05, 0.1) is 0 Å². The lowest BCUT2D eigenvalue weighted by atomic mass is 9.73.